The molecule has 0 amide bonds. The zero-order chi connectivity index (χ0) is 47.5. The van der Waals surface area contributed by atoms with Gasteiger partial charge < -0.3 is 14.0 Å². The number of rotatable bonds is 6. The van der Waals surface area contributed by atoms with Crippen LogP contribution < -0.4 is 5.19 Å². The maximum Gasteiger partial charge on any atom is 0.126 e. The summed E-state index contributed by atoms with van der Waals surface area (Å²) in [6.45, 7) is 12.7. The predicted molar refractivity (Wildman–Crippen MR) is 254 cm³/mol. The number of imidazole rings is 1. The number of furan rings is 1. The molecule has 0 aliphatic heterocycles. The van der Waals surface area contributed by atoms with E-state index >= 15 is 0 Å². The van der Waals surface area contributed by atoms with E-state index in [-0.39, 0.29) is 79.0 Å². The van der Waals surface area contributed by atoms with Crippen LogP contribution in [0.15, 0.2) is 174 Å². The Labute approximate surface area is 385 Å². The Balaban J connectivity index is 0.000000230. The van der Waals surface area contributed by atoms with Crippen molar-refractivity contribution in [3.63, 3.8) is 0 Å². The van der Waals surface area contributed by atoms with Gasteiger partial charge in [-0.1, -0.05) is 136 Å². The van der Waals surface area contributed by atoms with Gasteiger partial charge in [0.2, 0.25) is 0 Å². The number of fused-ring (bicyclic) bond motifs is 4. The molecule has 3 aromatic heterocycles. The Morgan fingerprint density at radius 1 is 0.742 bits per heavy atom. The molecule has 0 bridgehead atoms. The molecular formula is C55H46FIrN3OSi-2. The minimum absolute atomic E-state index is 0. The first-order valence-corrected chi connectivity index (χ1v) is 23.7. The predicted octanol–water partition coefficient (Wildman–Crippen LogP) is 14.3. The molecule has 0 saturated heterocycles. The summed E-state index contributed by atoms with van der Waals surface area (Å²) in [6, 6.07) is 49.1. The zero-order valence-corrected chi connectivity index (χ0v) is 38.6. The van der Waals surface area contributed by atoms with Gasteiger partial charge in [0.25, 0.3) is 0 Å². The van der Waals surface area contributed by atoms with Crippen molar-refractivity contribution in [2.45, 2.75) is 45.8 Å². The Hall–Kier alpha value is -6.24. The van der Waals surface area contributed by atoms with Crippen LogP contribution in [0.1, 0.15) is 34.6 Å². The van der Waals surface area contributed by atoms with E-state index in [0.717, 1.165) is 55.3 Å². The summed E-state index contributed by atoms with van der Waals surface area (Å²) in [6.07, 6.45) is -0.0309. The fourth-order valence-corrected chi connectivity index (χ4v) is 8.29. The third-order valence-corrected chi connectivity index (χ3v) is 12.4. The van der Waals surface area contributed by atoms with Crippen molar-refractivity contribution < 1.29 is 37.1 Å². The maximum absolute atomic E-state index is 14.3. The zero-order valence-electron chi connectivity index (χ0n) is 41.2. The average molecular weight is 1010 g/mol. The van der Waals surface area contributed by atoms with Gasteiger partial charge in [0.1, 0.15) is 11.4 Å². The molecule has 0 unspecified atom stereocenters. The molecule has 4 nitrogen and oxygen atoms in total. The first kappa shape index (κ1) is 35.4. The van der Waals surface area contributed by atoms with Crippen molar-refractivity contribution in [2.75, 3.05) is 0 Å². The number of nitrogens with zero attached hydrogens (tertiary/aromatic N) is 3. The van der Waals surface area contributed by atoms with E-state index in [4.69, 9.17) is 17.6 Å². The first-order valence-electron chi connectivity index (χ1n) is 23.2. The van der Waals surface area contributed by atoms with Gasteiger partial charge in [-0.2, -0.15) is 0 Å². The molecule has 0 spiro atoms. The number of hydrogen-bond acceptors (Lipinski definition) is 3. The van der Waals surface area contributed by atoms with E-state index in [0.29, 0.717) is 22.2 Å². The van der Waals surface area contributed by atoms with Gasteiger partial charge >= 0.3 is 0 Å². The maximum atomic E-state index is 14.3. The van der Waals surface area contributed by atoms with Crippen LogP contribution in [0.4, 0.5) is 4.39 Å². The summed E-state index contributed by atoms with van der Waals surface area (Å²) in [5.41, 5.74) is 10.6. The molecular weight excluding hydrogens is 958 g/mol. The smallest absolute Gasteiger partial charge is 0.126 e. The Morgan fingerprint density at radius 3 is 2.08 bits per heavy atom. The Morgan fingerprint density at radius 2 is 1.42 bits per heavy atom. The molecule has 7 heteroatoms. The molecule has 0 fully saturated rings. The second-order valence-corrected chi connectivity index (χ2v) is 22.0. The fraction of sp³-hybridized carbons (Fsp3) is 0.127. The Bertz CT molecular complexity index is 3450. The molecule has 10 aromatic rings. The average Bonchev–Trinajstić information content (AvgIpc) is 3.87. The van der Waals surface area contributed by atoms with Crippen LogP contribution in [0.5, 0.6) is 0 Å². The minimum Gasteiger partial charge on any atom is -0.500 e. The van der Waals surface area contributed by atoms with Gasteiger partial charge in [-0.25, -0.2) is 4.39 Å². The van der Waals surface area contributed by atoms with Gasteiger partial charge in [-0.15, -0.1) is 54.0 Å². The number of hydrogen-bond donors (Lipinski definition) is 0. The molecule has 0 saturated carbocycles. The second kappa shape index (κ2) is 17.3. The molecule has 0 aliphatic rings. The van der Waals surface area contributed by atoms with Crippen molar-refractivity contribution in [1.82, 2.24) is 14.5 Å². The van der Waals surface area contributed by atoms with Gasteiger partial charge in [-0.05, 0) is 70.8 Å². The monoisotopic (exact) mass is 1010 g/mol. The normalized spacial score (nSPS) is 13.0. The van der Waals surface area contributed by atoms with Crippen LogP contribution in [-0.2, 0) is 25.5 Å². The topological polar surface area (TPSA) is 43.9 Å². The van der Waals surface area contributed by atoms with Crippen molar-refractivity contribution >= 4 is 46.2 Å². The van der Waals surface area contributed by atoms with Gasteiger partial charge in [0.15, 0.2) is 0 Å². The van der Waals surface area contributed by atoms with E-state index in [1.165, 1.54) is 23.8 Å². The number of benzene rings is 7. The minimum atomic E-state index is -1.98. The van der Waals surface area contributed by atoms with E-state index in [9.17, 15) is 4.39 Å². The van der Waals surface area contributed by atoms with Gasteiger partial charge in [0.05, 0.1) is 40.3 Å². The summed E-state index contributed by atoms with van der Waals surface area (Å²) in [5, 5.41) is 2.27. The third-order valence-electron chi connectivity index (χ3n) is 10.7. The van der Waals surface area contributed by atoms with E-state index in [2.05, 4.69) is 109 Å². The number of para-hydroxylation sites is 2. The molecule has 0 aliphatic carbocycles. The van der Waals surface area contributed by atoms with Crippen molar-refractivity contribution in [3.05, 3.63) is 193 Å². The van der Waals surface area contributed by atoms with E-state index in [1.807, 2.05) is 62.1 Å². The summed E-state index contributed by atoms with van der Waals surface area (Å²) >= 11 is 0. The van der Waals surface area contributed by atoms with Crippen molar-refractivity contribution in [1.29, 1.82) is 0 Å². The Kier molecular flexibility index (Phi) is 9.84. The molecule has 0 atom stereocenters. The number of halogens is 1. The molecule has 1 radical (unpaired) electrons. The first-order chi connectivity index (χ1) is 31.9. The molecule has 309 valence electrons. The number of aromatic nitrogens is 3. The van der Waals surface area contributed by atoms with Crippen LogP contribution in [0.25, 0.3) is 83.6 Å². The van der Waals surface area contributed by atoms with E-state index in [1.54, 1.807) is 6.07 Å². The SMILES string of the molecule is CC(C)(C)c1cc(-c2ccccc2)c(-n2c(-c3[c-]ccc4c3oc3cc(F)ccc34)nc3ccccc32)c(-c2ccccc2)c1.[2H]c1[c-]c(-c2nc([2H])c([Si](C)(C)C)c([2H])c2[2H])cc([2H])c1[2H].[Ir]. The van der Waals surface area contributed by atoms with Crippen molar-refractivity contribution in [2.24, 2.45) is 0 Å². The van der Waals surface area contributed by atoms with Crippen molar-refractivity contribution in [3.8, 4) is 50.6 Å². The second-order valence-electron chi connectivity index (χ2n) is 17.0. The fourth-order valence-electron chi connectivity index (χ4n) is 7.46. The van der Waals surface area contributed by atoms with Crippen LogP contribution >= 0.6 is 0 Å². The summed E-state index contributed by atoms with van der Waals surface area (Å²) < 4.78 is 70.1. The van der Waals surface area contributed by atoms with Gasteiger partial charge in [-0.3, -0.25) is 4.98 Å². The number of pyridine rings is 1. The van der Waals surface area contributed by atoms with Crippen LogP contribution in [-0.4, -0.2) is 22.6 Å². The summed E-state index contributed by atoms with van der Waals surface area (Å²) in [7, 11) is -1.98. The molecule has 10 rings (SSSR count). The standard InChI is InChI=1S/C41H30FN2O.C14H16NSi.Ir/c1-41(2,3)28-23-33(26-13-6-4-7-14-26)38(34(24-28)27-15-8-5-9-16-27)44-36-20-11-10-19-35(36)43-40(44)32-18-12-17-31-30-22-21-29(42)25-37(30)45-39(31)32;1-16(2,3)13-9-10-14(15-11-13)12-7-5-4-6-8-12;/h4-17,19-25H,1-3H3;4-7,9-11H,1-3H3;/q2*-1;/i;4D,5D,6D,9D,10D,11D;. The van der Waals surface area contributed by atoms with Crippen LogP contribution in [0.3, 0.4) is 0 Å². The quantitative estimate of drug-likeness (QED) is 0.123. The largest absolute Gasteiger partial charge is 0.500 e. The molecule has 62 heavy (non-hydrogen) atoms. The summed E-state index contributed by atoms with van der Waals surface area (Å²) in [5.74, 6) is 0.373. The third kappa shape index (κ3) is 8.36. The van der Waals surface area contributed by atoms with E-state index < -0.39 is 8.07 Å². The molecule has 0 N–H and O–H groups in total. The molecule has 7 aromatic carbocycles. The summed E-state index contributed by atoms with van der Waals surface area (Å²) in [4.78, 5) is 9.35. The van der Waals surface area contributed by atoms with Gasteiger partial charge in [0, 0.05) is 51.6 Å². The van der Waals surface area contributed by atoms with Crippen LogP contribution in [0.2, 0.25) is 19.6 Å². The molecule has 3 heterocycles. The van der Waals surface area contributed by atoms with Crippen LogP contribution in [0, 0.1) is 17.9 Å².